The molecule has 1 saturated carbocycles. The first-order chi connectivity index (χ1) is 10.0. The van der Waals surface area contributed by atoms with Crippen LogP contribution < -0.4 is 11.3 Å². The van der Waals surface area contributed by atoms with E-state index in [2.05, 4.69) is 38.0 Å². The number of hydrazine groups is 1. The van der Waals surface area contributed by atoms with Crippen LogP contribution in [0.25, 0.3) is 0 Å². The van der Waals surface area contributed by atoms with Gasteiger partial charge in [-0.15, -0.1) is 0 Å². The van der Waals surface area contributed by atoms with Gasteiger partial charge in [0.25, 0.3) is 0 Å². The van der Waals surface area contributed by atoms with Crippen molar-refractivity contribution in [2.24, 2.45) is 23.6 Å². The molecule has 0 bridgehead atoms. The van der Waals surface area contributed by atoms with Crippen LogP contribution >= 0.6 is 0 Å². The molecule has 1 aliphatic carbocycles. The number of hydrogen-bond donors (Lipinski definition) is 2. The number of likely N-dealkylation sites (tertiary alicyclic amines) is 1. The SMILES string of the molecule is CCC(C)(C(NN)C1CCC(C)C(C)C1)N1CCCCC1. The highest BCUT2D eigenvalue weighted by Crippen LogP contribution is 2.40. The van der Waals surface area contributed by atoms with Gasteiger partial charge in [0, 0.05) is 11.6 Å². The molecule has 124 valence electrons. The second kappa shape index (κ2) is 7.43. The molecule has 2 fully saturated rings. The van der Waals surface area contributed by atoms with Crippen molar-refractivity contribution >= 4 is 0 Å². The number of nitrogens with zero attached hydrogens (tertiary/aromatic N) is 1. The zero-order valence-corrected chi connectivity index (χ0v) is 14.7. The summed E-state index contributed by atoms with van der Waals surface area (Å²) in [5.74, 6) is 8.52. The van der Waals surface area contributed by atoms with Crippen molar-refractivity contribution in [3.05, 3.63) is 0 Å². The van der Waals surface area contributed by atoms with E-state index >= 15 is 0 Å². The van der Waals surface area contributed by atoms with Crippen LogP contribution in [0.2, 0.25) is 0 Å². The third-order valence-electron chi connectivity index (χ3n) is 6.75. The maximum Gasteiger partial charge on any atom is 0.0420 e. The molecule has 0 aromatic rings. The second-order valence-corrected chi connectivity index (χ2v) is 7.93. The van der Waals surface area contributed by atoms with Crippen LogP contribution in [-0.4, -0.2) is 29.6 Å². The van der Waals surface area contributed by atoms with E-state index in [9.17, 15) is 0 Å². The van der Waals surface area contributed by atoms with Gasteiger partial charge in [0.1, 0.15) is 0 Å². The summed E-state index contributed by atoms with van der Waals surface area (Å²) in [6.45, 7) is 12.1. The van der Waals surface area contributed by atoms with Crippen molar-refractivity contribution in [2.75, 3.05) is 13.1 Å². The maximum absolute atomic E-state index is 6.08. The Morgan fingerprint density at radius 1 is 1.14 bits per heavy atom. The summed E-state index contributed by atoms with van der Waals surface area (Å²) in [5.41, 5.74) is 3.46. The molecule has 2 rings (SSSR count). The van der Waals surface area contributed by atoms with E-state index in [1.165, 1.54) is 58.0 Å². The third kappa shape index (κ3) is 3.62. The summed E-state index contributed by atoms with van der Waals surface area (Å²) < 4.78 is 0. The minimum atomic E-state index is 0.208. The normalized spacial score (nSPS) is 36.1. The molecule has 0 aromatic heterocycles. The molecule has 3 heteroatoms. The van der Waals surface area contributed by atoms with Crippen molar-refractivity contribution in [3.8, 4) is 0 Å². The van der Waals surface area contributed by atoms with Crippen LogP contribution in [-0.2, 0) is 0 Å². The summed E-state index contributed by atoms with van der Waals surface area (Å²) in [4.78, 5) is 2.73. The monoisotopic (exact) mass is 295 g/mol. The molecule has 5 atom stereocenters. The third-order valence-corrected chi connectivity index (χ3v) is 6.75. The lowest BCUT2D eigenvalue weighted by Gasteiger charge is -2.51. The molecule has 0 spiro atoms. The molecule has 1 saturated heterocycles. The molecule has 1 heterocycles. The van der Waals surface area contributed by atoms with Gasteiger partial charge in [-0.3, -0.25) is 16.2 Å². The van der Waals surface area contributed by atoms with Crippen molar-refractivity contribution in [1.82, 2.24) is 10.3 Å². The van der Waals surface area contributed by atoms with Crippen LogP contribution in [0.5, 0.6) is 0 Å². The van der Waals surface area contributed by atoms with E-state index in [-0.39, 0.29) is 5.54 Å². The molecule has 0 aromatic carbocycles. The largest absolute Gasteiger partial charge is 0.296 e. The lowest BCUT2D eigenvalue weighted by molar-refractivity contribution is 0.00722. The molecule has 3 nitrogen and oxygen atoms in total. The predicted octanol–water partition coefficient (Wildman–Crippen LogP) is 3.55. The van der Waals surface area contributed by atoms with Crippen LogP contribution in [0.1, 0.15) is 72.6 Å². The Kier molecular flexibility index (Phi) is 6.10. The van der Waals surface area contributed by atoms with Crippen LogP contribution in [0, 0.1) is 17.8 Å². The van der Waals surface area contributed by atoms with Gasteiger partial charge >= 0.3 is 0 Å². The first-order valence-corrected chi connectivity index (χ1v) is 9.24. The number of rotatable bonds is 5. The van der Waals surface area contributed by atoms with E-state index < -0.39 is 0 Å². The minimum Gasteiger partial charge on any atom is -0.296 e. The van der Waals surface area contributed by atoms with Crippen molar-refractivity contribution in [1.29, 1.82) is 0 Å². The molecule has 0 radical (unpaired) electrons. The Bertz CT molecular complexity index is 314. The van der Waals surface area contributed by atoms with Crippen molar-refractivity contribution in [3.63, 3.8) is 0 Å². The summed E-state index contributed by atoms with van der Waals surface area (Å²) in [6, 6.07) is 0.426. The molecular weight excluding hydrogens is 258 g/mol. The lowest BCUT2D eigenvalue weighted by Crippen LogP contribution is -2.64. The quantitative estimate of drug-likeness (QED) is 0.602. The summed E-state index contributed by atoms with van der Waals surface area (Å²) in [5, 5.41) is 0. The van der Waals surface area contributed by atoms with Gasteiger partial charge in [-0.05, 0) is 69.9 Å². The Balaban J connectivity index is 2.12. The van der Waals surface area contributed by atoms with Gasteiger partial charge < -0.3 is 0 Å². The van der Waals surface area contributed by atoms with Crippen molar-refractivity contribution < 1.29 is 0 Å². The Morgan fingerprint density at radius 3 is 2.33 bits per heavy atom. The minimum absolute atomic E-state index is 0.208. The Hall–Kier alpha value is -0.120. The van der Waals surface area contributed by atoms with Crippen LogP contribution in [0.4, 0.5) is 0 Å². The van der Waals surface area contributed by atoms with Crippen molar-refractivity contribution in [2.45, 2.75) is 84.2 Å². The van der Waals surface area contributed by atoms with Gasteiger partial charge in [0.2, 0.25) is 0 Å². The van der Waals surface area contributed by atoms with Crippen LogP contribution in [0.3, 0.4) is 0 Å². The average Bonchev–Trinajstić information content (AvgIpc) is 2.52. The van der Waals surface area contributed by atoms with Gasteiger partial charge in [-0.1, -0.05) is 33.6 Å². The topological polar surface area (TPSA) is 41.3 Å². The predicted molar refractivity (Wildman–Crippen MR) is 90.9 cm³/mol. The summed E-state index contributed by atoms with van der Waals surface area (Å²) in [6.07, 6.45) is 9.32. The van der Waals surface area contributed by atoms with E-state index in [0.717, 1.165) is 17.8 Å². The fourth-order valence-corrected chi connectivity index (χ4v) is 4.76. The molecule has 1 aliphatic heterocycles. The van der Waals surface area contributed by atoms with Gasteiger partial charge in [-0.2, -0.15) is 0 Å². The molecule has 0 amide bonds. The number of nitrogens with two attached hydrogens (primary N) is 1. The highest BCUT2D eigenvalue weighted by Gasteiger charge is 2.43. The lowest BCUT2D eigenvalue weighted by atomic mass is 9.68. The number of hydrogen-bond acceptors (Lipinski definition) is 3. The smallest absolute Gasteiger partial charge is 0.0420 e. The van der Waals surface area contributed by atoms with Gasteiger partial charge in [0.15, 0.2) is 0 Å². The molecule has 2 aliphatic rings. The average molecular weight is 296 g/mol. The van der Waals surface area contributed by atoms with E-state index in [0.29, 0.717) is 6.04 Å². The first-order valence-electron chi connectivity index (χ1n) is 9.24. The molecular formula is C18H37N3. The Labute approximate surface area is 132 Å². The highest BCUT2D eigenvalue weighted by atomic mass is 15.3. The van der Waals surface area contributed by atoms with Crippen LogP contribution in [0.15, 0.2) is 0 Å². The van der Waals surface area contributed by atoms with Gasteiger partial charge in [-0.25, -0.2) is 0 Å². The van der Waals surface area contributed by atoms with E-state index in [1.807, 2.05) is 0 Å². The molecule has 3 N–H and O–H groups in total. The highest BCUT2D eigenvalue weighted by molar-refractivity contribution is 5.00. The van der Waals surface area contributed by atoms with E-state index in [4.69, 9.17) is 5.84 Å². The first kappa shape index (κ1) is 17.2. The maximum atomic E-state index is 6.08. The zero-order valence-electron chi connectivity index (χ0n) is 14.7. The summed E-state index contributed by atoms with van der Waals surface area (Å²) in [7, 11) is 0. The zero-order chi connectivity index (χ0) is 15.5. The van der Waals surface area contributed by atoms with E-state index in [1.54, 1.807) is 0 Å². The fraction of sp³-hybridized carbons (Fsp3) is 1.00. The Morgan fingerprint density at radius 2 is 1.81 bits per heavy atom. The molecule has 21 heavy (non-hydrogen) atoms. The standard InChI is InChI=1S/C18H37N3/c1-5-18(4,21-11-7-6-8-12-21)17(20-19)16-10-9-14(2)15(3)13-16/h14-17,20H,5-13,19H2,1-4H3. The fourth-order valence-electron chi connectivity index (χ4n) is 4.76. The summed E-state index contributed by atoms with van der Waals surface area (Å²) >= 11 is 0. The molecule has 5 unspecified atom stereocenters. The number of nitrogens with one attached hydrogen (secondary N) is 1. The second-order valence-electron chi connectivity index (χ2n) is 7.93. The number of piperidine rings is 1. The van der Waals surface area contributed by atoms with Gasteiger partial charge in [0.05, 0.1) is 0 Å².